The van der Waals surface area contributed by atoms with Crippen molar-refractivity contribution in [1.29, 1.82) is 0 Å². The molecule has 16 heavy (non-hydrogen) atoms. The average Bonchev–Trinajstić information content (AvgIpc) is 2.21. The van der Waals surface area contributed by atoms with Crippen LogP contribution in [0.25, 0.3) is 0 Å². The van der Waals surface area contributed by atoms with Gasteiger partial charge in [-0.2, -0.15) is 0 Å². The smallest absolute Gasteiger partial charge is 0.125 e. The van der Waals surface area contributed by atoms with Crippen molar-refractivity contribution < 1.29 is 9.84 Å². The zero-order chi connectivity index (χ0) is 12.0. The second-order valence-electron chi connectivity index (χ2n) is 4.41. The summed E-state index contributed by atoms with van der Waals surface area (Å²) in [6.07, 6.45) is 2.68. The van der Waals surface area contributed by atoms with Gasteiger partial charge in [0, 0.05) is 0 Å². The highest BCUT2D eigenvalue weighted by Crippen LogP contribution is 2.22. The van der Waals surface area contributed by atoms with Gasteiger partial charge < -0.3 is 9.84 Å². The number of unbranched alkanes of at least 4 members (excludes halogenated alkanes) is 1. The monoisotopic (exact) mass is 222 g/mol. The van der Waals surface area contributed by atoms with Crippen molar-refractivity contribution in [3.05, 3.63) is 29.3 Å². The van der Waals surface area contributed by atoms with Crippen molar-refractivity contribution in [2.45, 2.75) is 46.1 Å². The zero-order valence-corrected chi connectivity index (χ0v) is 10.5. The number of rotatable bonds is 6. The molecular weight excluding hydrogens is 200 g/mol. The van der Waals surface area contributed by atoms with Gasteiger partial charge in [-0.05, 0) is 51.2 Å². The molecule has 0 heterocycles. The van der Waals surface area contributed by atoms with Crippen LogP contribution in [-0.4, -0.2) is 17.8 Å². The first-order chi connectivity index (χ1) is 7.61. The van der Waals surface area contributed by atoms with Gasteiger partial charge in [0.15, 0.2) is 0 Å². The molecule has 0 fully saturated rings. The van der Waals surface area contributed by atoms with E-state index in [1.54, 1.807) is 0 Å². The summed E-state index contributed by atoms with van der Waals surface area (Å²) in [6, 6.07) is 6.18. The van der Waals surface area contributed by atoms with Crippen LogP contribution in [0.1, 0.15) is 37.3 Å². The fourth-order valence-electron chi connectivity index (χ4n) is 1.74. The summed E-state index contributed by atoms with van der Waals surface area (Å²) in [5, 5.41) is 9.12. The van der Waals surface area contributed by atoms with Gasteiger partial charge in [-0.25, -0.2) is 0 Å². The van der Waals surface area contributed by atoms with Crippen molar-refractivity contribution in [3.63, 3.8) is 0 Å². The van der Waals surface area contributed by atoms with Crippen LogP contribution in [0.3, 0.4) is 0 Å². The minimum atomic E-state index is -0.194. The third-order valence-electron chi connectivity index (χ3n) is 2.67. The van der Waals surface area contributed by atoms with E-state index in [1.165, 1.54) is 11.1 Å². The Morgan fingerprint density at radius 3 is 2.38 bits per heavy atom. The number of hydrogen-bond donors (Lipinski definition) is 1. The van der Waals surface area contributed by atoms with Gasteiger partial charge in [-0.1, -0.05) is 18.2 Å². The third kappa shape index (κ3) is 4.23. The van der Waals surface area contributed by atoms with E-state index in [9.17, 15) is 0 Å². The van der Waals surface area contributed by atoms with Crippen molar-refractivity contribution in [2.24, 2.45) is 0 Å². The number of aryl methyl sites for hydroxylation is 2. The molecule has 0 aromatic heterocycles. The summed E-state index contributed by atoms with van der Waals surface area (Å²) in [7, 11) is 0. The van der Waals surface area contributed by atoms with Crippen LogP contribution in [0.15, 0.2) is 18.2 Å². The van der Waals surface area contributed by atoms with E-state index < -0.39 is 0 Å². The maximum atomic E-state index is 9.12. The van der Waals surface area contributed by atoms with Gasteiger partial charge in [-0.3, -0.25) is 0 Å². The molecule has 0 saturated carbocycles. The Hall–Kier alpha value is -1.02. The summed E-state index contributed by atoms with van der Waals surface area (Å²) in [6.45, 7) is 6.70. The fourth-order valence-corrected chi connectivity index (χ4v) is 1.74. The number of benzene rings is 1. The van der Waals surface area contributed by atoms with E-state index in [0.717, 1.165) is 31.6 Å². The molecule has 1 aromatic carbocycles. The number of aliphatic hydroxyl groups excluding tert-OH is 1. The lowest BCUT2D eigenvalue weighted by Gasteiger charge is -2.12. The summed E-state index contributed by atoms with van der Waals surface area (Å²) < 4.78 is 5.77. The lowest BCUT2D eigenvalue weighted by atomic mass is 10.1. The second-order valence-corrected chi connectivity index (χ2v) is 4.41. The minimum Gasteiger partial charge on any atom is -0.493 e. The maximum absolute atomic E-state index is 9.12. The molecule has 1 unspecified atom stereocenters. The molecule has 2 nitrogen and oxygen atoms in total. The summed E-state index contributed by atoms with van der Waals surface area (Å²) in [4.78, 5) is 0. The first-order valence-electron chi connectivity index (χ1n) is 5.98. The van der Waals surface area contributed by atoms with Gasteiger partial charge >= 0.3 is 0 Å². The predicted octanol–water partition coefficient (Wildman–Crippen LogP) is 3.23. The Morgan fingerprint density at radius 1 is 1.19 bits per heavy atom. The highest BCUT2D eigenvalue weighted by molar-refractivity contribution is 5.39. The van der Waals surface area contributed by atoms with Crippen molar-refractivity contribution in [1.82, 2.24) is 0 Å². The quantitative estimate of drug-likeness (QED) is 0.749. The van der Waals surface area contributed by atoms with Crippen LogP contribution >= 0.6 is 0 Å². The molecular formula is C14H22O2. The Labute approximate surface area is 98.3 Å². The van der Waals surface area contributed by atoms with Gasteiger partial charge in [-0.15, -0.1) is 0 Å². The van der Waals surface area contributed by atoms with Crippen LogP contribution in [0.4, 0.5) is 0 Å². The van der Waals surface area contributed by atoms with E-state index >= 15 is 0 Å². The number of hydrogen-bond acceptors (Lipinski definition) is 2. The fraction of sp³-hybridized carbons (Fsp3) is 0.571. The van der Waals surface area contributed by atoms with Gasteiger partial charge in [0.25, 0.3) is 0 Å². The van der Waals surface area contributed by atoms with Crippen LogP contribution in [0, 0.1) is 13.8 Å². The molecule has 0 amide bonds. The first kappa shape index (κ1) is 13.0. The van der Waals surface area contributed by atoms with Crippen LogP contribution in [0.2, 0.25) is 0 Å². The second kappa shape index (κ2) is 6.54. The van der Waals surface area contributed by atoms with Crippen molar-refractivity contribution in [2.75, 3.05) is 6.61 Å². The molecule has 0 saturated heterocycles. The highest BCUT2D eigenvalue weighted by Gasteiger charge is 2.02. The molecule has 0 spiro atoms. The standard InChI is InChI=1S/C14H22O2/c1-11-7-6-8-12(2)14(11)16-10-5-4-9-13(3)15/h6-8,13,15H,4-5,9-10H2,1-3H3. The van der Waals surface area contributed by atoms with E-state index in [1.807, 2.05) is 13.0 Å². The van der Waals surface area contributed by atoms with E-state index in [4.69, 9.17) is 9.84 Å². The largest absolute Gasteiger partial charge is 0.493 e. The first-order valence-corrected chi connectivity index (χ1v) is 5.98. The number of aliphatic hydroxyl groups is 1. The molecule has 0 radical (unpaired) electrons. The normalized spacial score (nSPS) is 12.5. The Bertz CT molecular complexity index is 298. The molecule has 90 valence electrons. The minimum absolute atomic E-state index is 0.194. The van der Waals surface area contributed by atoms with Crippen molar-refractivity contribution in [3.8, 4) is 5.75 Å². The topological polar surface area (TPSA) is 29.5 Å². The number of para-hydroxylation sites is 1. The Balaban J connectivity index is 2.32. The maximum Gasteiger partial charge on any atom is 0.125 e. The molecule has 0 aliphatic carbocycles. The molecule has 2 heteroatoms. The lowest BCUT2D eigenvalue weighted by Crippen LogP contribution is -2.03. The van der Waals surface area contributed by atoms with Crippen molar-refractivity contribution >= 4 is 0 Å². The zero-order valence-electron chi connectivity index (χ0n) is 10.5. The summed E-state index contributed by atoms with van der Waals surface area (Å²) in [5.41, 5.74) is 2.38. The SMILES string of the molecule is Cc1cccc(C)c1OCCCCC(C)O. The molecule has 1 N–H and O–H groups in total. The Kier molecular flexibility index (Phi) is 5.33. The molecule has 0 aliphatic heterocycles. The lowest BCUT2D eigenvalue weighted by molar-refractivity contribution is 0.177. The predicted molar refractivity (Wildman–Crippen MR) is 66.9 cm³/mol. The molecule has 1 aromatic rings. The van der Waals surface area contributed by atoms with E-state index in [0.29, 0.717) is 0 Å². The van der Waals surface area contributed by atoms with Crippen LogP contribution in [0.5, 0.6) is 5.75 Å². The third-order valence-corrected chi connectivity index (χ3v) is 2.67. The molecule has 0 aliphatic rings. The van der Waals surface area contributed by atoms with E-state index in [-0.39, 0.29) is 6.10 Å². The number of ether oxygens (including phenoxy) is 1. The van der Waals surface area contributed by atoms with Crippen LogP contribution < -0.4 is 4.74 Å². The van der Waals surface area contributed by atoms with Gasteiger partial charge in [0.1, 0.15) is 5.75 Å². The van der Waals surface area contributed by atoms with E-state index in [2.05, 4.69) is 26.0 Å². The summed E-state index contributed by atoms with van der Waals surface area (Å²) >= 11 is 0. The molecule has 1 atom stereocenters. The van der Waals surface area contributed by atoms with Gasteiger partial charge in [0.2, 0.25) is 0 Å². The van der Waals surface area contributed by atoms with Crippen LogP contribution in [-0.2, 0) is 0 Å². The molecule has 0 bridgehead atoms. The average molecular weight is 222 g/mol. The Morgan fingerprint density at radius 2 is 1.81 bits per heavy atom. The highest BCUT2D eigenvalue weighted by atomic mass is 16.5. The molecule has 1 rings (SSSR count). The summed E-state index contributed by atoms with van der Waals surface area (Å²) in [5.74, 6) is 1.01. The van der Waals surface area contributed by atoms with Gasteiger partial charge in [0.05, 0.1) is 12.7 Å².